The van der Waals surface area contributed by atoms with Gasteiger partial charge in [0.15, 0.2) is 0 Å². The van der Waals surface area contributed by atoms with Gasteiger partial charge in [0.2, 0.25) is 0 Å². The maximum absolute atomic E-state index is 13.1. The van der Waals surface area contributed by atoms with E-state index in [0.717, 1.165) is 16.9 Å². The first-order valence-corrected chi connectivity index (χ1v) is 6.63. The van der Waals surface area contributed by atoms with E-state index in [1.807, 2.05) is 24.3 Å². The van der Waals surface area contributed by atoms with Crippen LogP contribution in [0.3, 0.4) is 0 Å². The molecule has 19 heavy (non-hydrogen) atoms. The number of ether oxygens (including phenoxy) is 1. The van der Waals surface area contributed by atoms with E-state index in [-0.39, 0.29) is 10.4 Å². The summed E-state index contributed by atoms with van der Waals surface area (Å²) in [7, 11) is 1.62. The van der Waals surface area contributed by atoms with Crippen LogP contribution in [0, 0.1) is 5.82 Å². The van der Waals surface area contributed by atoms with Crippen LogP contribution in [0.5, 0.6) is 5.75 Å². The van der Waals surface area contributed by atoms with Crippen LogP contribution in [0.25, 0.3) is 0 Å². The van der Waals surface area contributed by atoms with Crippen molar-refractivity contribution in [2.75, 3.05) is 7.11 Å². The first kappa shape index (κ1) is 14.2. The van der Waals surface area contributed by atoms with Crippen molar-refractivity contribution in [3.8, 4) is 5.75 Å². The fourth-order valence-electron chi connectivity index (χ4n) is 1.79. The average molecular weight is 299 g/mol. The Hall–Kier alpha value is -1.25. The summed E-state index contributed by atoms with van der Waals surface area (Å²) >= 11 is 12.1. The Bertz CT molecular complexity index is 555. The van der Waals surface area contributed by atoms with Crippen molar-refractivity contribution in [1.82, 2.24) is 0 Å². The molecule has 1 nitrogen and oxygen atoms in total. The van der Waals surface area contributed by atoms with E-state index in [1.54, 1.807) is 19.2 Å². The van der Waals surface area contributed by atoms with Gasteiger partial charge in [-0.25, -0.2) is 4.39 Å². The van der Waals surface area contributed by atoms with E-state index in [4.69, 9.17) is 27.9 Å². The van der Waals surface area contributed by atoms with Crippen LogP contribution < -0.4 is 4.74 Å². The lowest BCUT2D eigenvalue weighted by atomic mass is 10.0. The number of benzene rings is 2. The molecule has 0 N–H and O–H groups in total. The molecule has 0 aliphatic carbocycles. The van der Waals surface area contributed by atoms with Crippen LogP contribution in [0.1, 0.15) is 16.5 Å². The quantitative estimate of drug-likeness (QED) is 0.721. The smallest absolute Gasteiger partial charge is 0.141 e. The maximum atomic E-state index is 13.1. The number of hydrogen-bond acceptors (Lipinski definition) is 1. The Morgan fingerprint density at radius 2 is 1.84 bits per heavy atom. The lowest BCUT2D eigenvalue weighted by Gasteiger charge is -2.11. The number of rotatable bonds is 4. The van der Waals surface area contributed by atoms with Crippen LogP contribution in [0.2, 0.25) is 5.02 Å². The second-order valence-electron chi connectivity index (χ2n) is 4.19. The van der Waals surface area contributed by atoms with Crippen molar-refractivity contribution in [2.24, 2.45) is 0 Å². The summed E-state index contributed by atoms with van der Waals surface area (Å²) in [6.45, 7) is 0. The first-order chi connectivity index (χ1) is 9.10. The topological polar surface area (TPSA) is 9.23 Å². The number of hydrogen-bond donors (Lipinski definition) is 0. The summed E-state index contributed by atoms with van der Waals surface area (Å²) in [6, 6.07) is 12.2. The van der Waals surface area contributed by atoms with Gasteiger partial charge >= 0.3 is 0 Å². The molecule has 0 saturated carbocycles. The summed E-state index contributed by atoms with van der Waals surface area (Å²) in [6.07, 6.45) is 0.646. The predicted molar refractivity (Wildman–Crippen MR) is 76.7 cm³/mol. The minimum atomic E-state index is -0.432. The largest absolute Gasteiger partial charge is 0.497 e. The van der Waals surface area contributed by atoms with E-state index in [0.29, 0.717) is 6.42 Å². The van der Waals surface area contributed by atoms with Gasteiger partial charge in [-0.15, -0.1) is 11.6 Å². The van der Waals surface area contributed by atoms with Crippen molar-refractivity contribution in [1.29, 1.82) is 0 Å². The third-order valence-corrected chi connectivity index (χ3v) is 3.58. The molecule has 2 aromatic rings. The summed E-state index contributed by atoms with van der Waals surface area (Å²) in [4.78, 5) is 0. The van der Waals surface area contributed by atoms with Gasteiger partial charge in [-0.3, -0.25) is 0 Å². The van der Waals surface area contributed by atoms with Crippen molar-refractivity contribution < 1.29 is 9.13 Å². The fourth-order valence-corrected chi connectivity index (χ4v) is 2.30. The highest BCUT2D eigenvalue weighted by atomic mass is 35.5. The first-order valence-electron chi connectivity index (χ1n) is 5.82. The Labute approximate surface area is 121 Å². The van der Waals surface area contributed by atoms with Crippen LogP contribution in [0.15, 0.2) is 42.5 Å². The van der Waals surface area contributed by atoms with Gasteiger partial charge in [0.05, 0.1) is 17.5 Å². The Morgan fingerprint density at radius 1 is 1.16 bits per heavy atom. The minimum Gasteiger partial charge on any atom is -0.497 e. The summed E-state index contributed by atoms with van der Waals surface area (Å²) in [5.74, 6) is 0.374. The minimum absolute atomic E-state index is 0.0953. The summed E-state index contributed by atoms with van der Waals surface area (Å²) in [5.41, 5.74) is 1.89. The van der Waals surface area contributed by atoms with E-state index in [9.17, 15) is 4.39 Å². The highest BCUT2D eigenvalue weighted by Gasteiger charge is 2.11. The number of halogens is 3. The summed E-state index contributed by atoms with van der Waals surface area (Å²) < 4.78 is 18.2. The summed E-state index contributed by atoms with van der Waals surface area (Å²) in [5, 5.41) is -0.149. The molecule has 2 rings (SSSR count). The molecule has 0 spiro atoms. The van der Waals surface area contributed by atoms with Crippen molar-refractivity contribution >= 4 is 23.2 Å². The Balaban J connectivity index is 2.10. The van der Waals surface area contributed by atoms with Crippen LogP contribution in [0.4, 0.5) is 4.39 Å². The molecule has 0 amide bonds. The molecule has 100 valence electrons. The number of methoxy groups -OCH3 is 1. The second kappa shape index (κ2) is 6.27. The second-order valence-corrected chi connectivity index (χ2v) is 5.13. The van der Waals surface area contributed by atoms with Crippen LogP contribution >= 0.6 is 23.2 Å². The van der Waals surface area contributed by atoms with Crippen molar-refractivity contribution in [3.05, 3.63) is 64.4 Å². The molecule has 0 aliphatic rings. The molecule has 0 aromatic heterocycles. The molecule has 1 unspecified atom stereocenters. The average Bonchev–Trinajstić information content (AvgIpc) is 2.42. The number of alkyl halides is 1. The molecule has 0 fully saturated rings. The normalized spacial score (nSPS) is 12.2. The van der Waals surface area contributed by atoms with Gasteiger partial charge in [-0.05, 0) is 41.8 Å². The SMILES string of the molecule is COc1ccc(CC(Cl)c2ccc(F)c(Cl)c2)cc1. The molecule has 1 atom stereocenters. The lowest BCUT2D eigenvalue weighted by Crippen LogP contribution is -1.96. The molecule has 0 radical (unpaired) electrons. The Morgan fingerprint density at radius 3 is 2.42 bits per heavy atom. The third-order valence-electron chi connectivity index (χ3n) is 2.88. The molecule has 0 saturated heterocycles. The highest BCUT2D eigenvalue weighted by molar-refractivity contribution is 6.31. The van der Waals surface area contributed by atoms with E-state index < -0.39 is 5.82 Å². The standard InChI is InChI=1S/C15H13Cl2FO/c1-19-12-5-2-10(3-6-12)8-13(16)11-4-7-15(18)14(17)9-11/h2-7,9,13H,8H2,1H3. The van der Waals surface area contributed by atoms with Gasteiger partial charge in [0.1, 0.15) is 11.6 Å². The monoisotopic (exact) mass is 298 g/mol. The fraction of sp³-hybridized carbons (Fsp3) is 0.200. The molecule has 0 bridgehead atoms. The van der Waals surface area contributed by atoms with Crippen molar-refractivity contribution in [3.63, 3.8) is 0 Å². The molecule has 0 heterocycles. The van der Waals surface area contributed by atoms with Crippen molar-refractivity contribution in [2.45, 2.75) is 11.8 Å². The molecule has 0 aliphatic heterocycles. The highest BCUT2D eigenvalue weighted by Crippen LogP contribution is 2.28. The van der Waals surface area contributed by atoms with Gasteiger partial charge < -0.3 is 4.74 Å². The molecule has 4 heteroatoms. The zero-order valence-electron chi connectivity index (χ0n) is 10.4. The van der Waals surface area contributed by atoms with Gasteiger partial charge in [-0.2, -0.15) is 0 Å². The maximum Gasteiger partial charge on any atom is 0.141 e. The molecular formula is C15H13Cl2FO. The predicted octanol–water partition coefficient (Wildman–Crippen LogP) is 5.01. The van der Waals surface area contributed by atoms with E-state index in [1.165, 1.54) is 6.07 Å². The Kier molecular flexibility index (Phi) is 4.67. The zero-order valence-corrected chi connectivity index (χ0v) is 11.9. The molecular weight excluding hydrogens is 286 g/mol. The van der Waals surface area contributed by atoms with E-state index in [2.05, 4.69) is 0 Å². The van der Waals surface area contributed by atoms with Gasteiger partial charge in [0, 0.05) is 0 Å². The van der Waals surface area contributed by atoms with E-state index >= 15 is 0 Å². The van der Waals surface area contributed by atoms with Gasteiger partial charge in [0.25, 0.3) is 0 Å². The third kappa shape index (κ3) is 3.62. The van der Waals surface area contributed by atoms with Crippen LogP contribution in [-0.4, -0.2) is 7.11 Å². The van der Waals surface area contributed by atoms with Crippen LogP contribution in [-0.2, 0) is 6.42 Å². The zero-order chi connectivity index (χ0) is 13.8. The molecule has 2 aromatic carbocycles. The lowest BCUT2D eigenvalue weighted by molar-refractivity contribution is 0.414. The van der Waals surface area contributed by atoms with Gasteiger partial charge in [-0.1, -0.05) is 29.8 Å².